The first-order valence-corrected chi connectivity index (χ1v) is 6.01. The zero-order valence-corrected chi connectivity index (χ0v) is 10.5. The van der Waals surface area contributed by atoms with E-state index in [-0.39, 0.29) is 0 Å². The average Bonchev–Trinajstić information content (AvgIpc) is 2.38. The van der Waals surface area contributed by atoms with Gasteiger partial charge >= 0.3 is 0 Å². The Morgan fingerprint density at radius 2 is 1.17 bits per heavy atom. The molecule has 0 saturated carbocycles. The zero-order chi connectivity index (χ0) is 12.8. The number of nitrogens with two attached hydrogens (primary N) is 1. The second kappa shape index (κ2) is 5.87. The van der Waals surface area contributed by atoms with Gasteiger partial charge in [0.25, 0.3) is 0 Å². The Morgan fingerprint density at radius 3 is 1.94 bits per heavy atom. The van der Waals surface area contributed by atoms with Crippen LogP contribution in [0.4, 0.5) is 5.69 Å². The maximum atomic E-state index is 5.80. The Morgan fingerprint density at radius 1 is 0.611 bits per heavy atom. The molecule has 0 unspecified atom stereocenters. The zero-order valence-electron chi connectivity index (χ0n) is 10.5. The molecule has 0 radical (unpaired) electrons. The summed E-state index contributed by atoms with van der Waals surface area (Å²) in [5.74, 6) is 0. The van der Waals surface area contributed by atoms with Crippen LogP contribution in [0, 0.1) is 6.92 Å². The smallest absolute Gasteiger partial charge is 0.0313 e. The number of nitrogen functional groups attached to an aromatic ring is 1. The van der Waals surface area contributed by atoms with Crippen LogP contribution in [0.25, 0.3) is 11.1 Å². The lowest BCUT2D eigenvalue weighted by atomic mass is 10.1. The molecule has 0 aliphatic carbocycles. The Bertz CT molecular complexity index is 569. The van der Waals surface area contributed by atoms with E-state index in [2.05, 4.69) is 43.3 Å². The molecule has 0 bridgehead atoms. The number of rotatable bonds is 1. The Labute approximate surface area is 108 Å². The lowest BCUT2D eigenvalue weighted by molar-refractivity contribution is 1.47. The summed E-state index contributed by atoms with van der Waals surface area (Å²) in [6, 6.07) is 24.4. The molecule has 18 heavy (non-hydrogen) atoms. The molecule has 0 aliphatic rings. The number of hydrogen-bond donors (Lipinski definition) is 1. The maximum absolute atomic E-state index is 5.80. The van der Waals surface area contributed by atoms with Crippen molar-refractivity contribution < 1.29 is 0 Å². The van der Waals surface area contributed by atoms with Crippen molar-refractivity contribution >= 4 is 5.69 Å². The molecule has 0 amide bonds. The van der Waals surface area contributed by atoms with E-state index in [4.69, 9.17) is 5.73 Å². The van der Waals surface area contributed by atoms with Crippen LogP contribution in [0.3, 0.4) is 0 Å². The summed E-state index contributed by atoms with van der Waals surface area (Å²) >= 11 is 0. The van der Waals surface area contributed by atoms with E-state index in [1.807, 2.05) is 36.4 Å². The van der Waals surface area contributed by atoms with Gasteiger partial charge in [-0.15, -0.1) is 0 Å². The molecule has 0 fully saturated rings. The van der Waals surface area contributed by atoms with Crippen LogP contribution >= 0.6 is 0 Å². The van der Waals surface area contributed by atoms with Crippen molar-refractivity contribution in [3.63, 3.8) is 0 Å². The van der Waals surface area contributed by atoms with Gasteiger partial charge < -0.3 is 5.73 Å². The molecule has 0 heterocycles. The van der Waals surface area contributed by atoms with E-state index < -0.39 is 0 Å². The lowest BCUT2D eigenvalue weighted by Crippen LogP contribution is -1.79. The van der Waals surface area contributed by atoms with Crippen LogP contribution in [-0.4, -0.2) is 0 Å². The second-order valence-corrected chi connectivity index (χ2v) is 4.26. The van der Waals surface area contributed by atoms with E-state index in [1.54, 1.807) is 0 Å². The summed E-state index contributed by atoms with van der Waals surface area (Å²) in [6.07, 6.45) is 0. The Hall–Kier alpha value is -2.28. The number of benzene rings is 1. The lowest BCUT2D eigenvalue weighted by Gasteiger charge is -2.00. The predicted molar refractivity (Wildman–Crippen MR) is 78.7 cm³/mol. The second-order valence-electron chi connectivity index (χ2n) is 4.26. The van der Waals surface area contributed by atoms with Crippen LogP contribution in [0.5, 0.6) is 0 Å². The van der Waals surface area contributed by atoms with Crippen molar-refractivity contribution in [1.82, 2.24) is 0 Å². The van der Waals surface area contributed by atoms with Crippen molar-refractivity contribution in [3.8, 4) is 11.1 Å². The molecule has 1 nitrogen and oxygen atoms in total. The molecule has 0 atom stereocenters. The van der Waals surface area contributed by atoms with E-state index in [1.165, 1.54) is 16.7 Å². The highest BCUT2D eigenvalue weighted by Crippen LogP contribution is 2.17. The third-order valence-corrected chi connectivity index (χ3v) is 2.74. The SMILES string of the molecule is Cc1ccc(-c2cccccc(N)ccc2)cc1. The van der Waals surface area contributed by atoms with Crippen LogP contribution in [-0.2, 0) is 0 Å². The van der Waals surface area contributed by atoms with E-state index >= 15 is 0 Å². The highest BCUT2D eigenvalue weighted by Gasteiger charge is 1.93. The normalized spacial score (nSPS) is 9.61. The standard InChI is InChI=1S/C17H17N/c1-14-10-12-16(13-11-14)15-6-3-2-4-8-17(18)9-5-7-15/h2-13H,18H2,1H3. The van der Waals surface area contributed by atoms with Gasteiger partial charge in [-0.2, -0.15) is 0 Å². The first-order valence-electron chi connectivity index (χ1n) is 6.01. The van der Waals surface area contributed by atoms with Gasteiger partial charge in [0.15, 0.2) is 0 Å². The molecule has 1 heteroatoms. The minimum absolute atomic E-state index is 0.751. The molecular weight excluding hydrogens is 218 g/mol. The molecule has 0 aromatic heterocycles. The van der Waals surface area contributed by atoms with Gasteiger partial charge in [0, 0.05) is 5.69 Å². The molecule has 2 aromatic carbocycles. The summed E-state index contributed by atoms with van der Waals surface area (Å²) in [4.78, 5) is 0. The van der Waals surface area contributed by atoms with Crippen LogP contribution in [0.2, 0.25) is 0 Å². The summed E-state index contributed by atoms with van der Waals surface area (Å²) in [7, 11) is 0. The fourth-order valence-electron chi connectivity index (χ4n) is 1.70. The van der Waals surface area contributed by atoms with Gasteiger partial charge in [-0.1, -0.05) is 66.2 Å². The van der Waals surface area contributed by atoms with Crippen LogP contribution in [0.15, 0.2) is 72.8 Å². The van der Waals surface area contributed by atoms with E-state index in [9.17, 15) is 0 Å². The third kappa shape index (κ3) is 3.36. The minimum Gasteiger partial charge on any atom is -0.399 e. The molecule has 0 aliphatic heterocycles. The highest BCUT2D eigenvalue weighted by molar-refractivity contribution is 5.62. The summed E-state index contributed by atoms with van der Waals surface area (Å²) < 4.78 is 0. The number of anilines is 1. The fourth-order valence-corrected chi connectivity index (χ4v) is 1.70. The van der Waals surface area contributed by atoms with Gasteiger partial charge in [0.05, 0.1) is 0 Å². The maximum Gasteiger partial charge on any atom is 0.0313 e. The quantitative estimate of drug-likeness (QED) is 0.780. The first kappa shape index (κ1) is 12.2. The van der Waals surface area contributed by atoms with Crippen molar-refractivity contribution in [2.75, 3.05) is 5.73 Å². The molecule has 2 aromatic rings. The van der Waals surface area contributed by atoms with Gasteiger partial charge in [0.1, 0.15) is 0 Å². The van der Waals surface area contributed by atoms with E-state index in [0.29, 0.717) is 0 Å². The molecule has 0 saturated heterocycles. The van der Waals surface area contributed by atoms with Gasteiger partial charge in [-0.05, 0) is 30.2 Å². The van der Waals surface area contributed by atoms with Gasteiger partial charge in [-0.25, -0.2) is 0 Å². The number of aryl methyl sites for hydroxylation is 1. The molecular formula is C17H17N. The van der Waals surface area contributed by atoms with Gasteiger partial charge in [-0.3, -0.25) is 0 Å². The predicted octanol–water partition coefficient (Wildman–Crippen LogP) is 4.37. The summed E-state index contributed by atoms with van der Waals surface area (Å²) in [5.41, 5.74) is 10.2. The van der Waals surface area contributed by atoms with Crippen LogP contribution in [0.1, 0.15) is 5.56 Å². The third-order valence-electron chi connectivity index (χ3n) is 2.74. The van der Waals surface area contributed by atoms with Crippen molar-refractivity contribution in [2.45, 2.75) is 6.92 Å². The van der Waals surface area contributed by atoms with Crippen molar-refractivity contribution in [3.05, 3.63) is 78.4 Å². The first-order chi connectivity index (χ1) is 8.75. The fraction of sp³-hybridized carbons (Fsp3) is 0.0588. The summed E-state index contributed by atoms with van der Waals surface area (Å²) in [5, 5.41) is 0. The largest absolute Gasteiger partial charge is 0.399 e. The van der Waals surface area contributed by atoms with E-state index in [0.717, 1.165) is 5.69 Å². The Kier molecular flexibility index (Phi) is 3.98. The monoisotopic (exact) mass is 235 g/mol. The average molecular weight is 235 g/mol. The van der Waals surface area contributed by atoms with Gasteiger partial charge in [0.2, 0.25) is 0 Å². The minimum atomic E-state index is 0.751. The summed E-state index contributed by atoms with van der Waals surface area (Å²) in [6.45, 7) is 2.09. The Balaban J connectivity index is 2.50. The van der Waals surface area contributed by atoms with Crippen LogP contribution < -0.4 is 5.73 Å². The number of hydrogen-bond acceptors (Lipinski definition) is 1. The van der Waals surface area contributed by atoms with Crippen molar-refractivity contribution in [2.24, 2.45) is 0 Å². The highest BCUT2D eigenvalue weighted by atomic mass is 14.5. The topological polar surface area (TPSA) is 26.0 Å². The van der Waals surface area contributed by atoms with Crippen molar-refractivity contribution in [1.29, 1.82) is 0 Å². The molecule has 0 spiro atoms. The molecule has 2 N–H and O–H groups in total. The molecule has 90 valence electrons. The molecule has 2 rings (SSSR count).